The third-order valence-corrected chi connectivity index (χ3v) is 3.46. The molecule has 0 aliphatic rings. The van der Waals surface area contributed by atoms with Crippen molar-refractivity contribution >= 4 is 23.3 Å². The van der Waals surface area contributed by atoms with Crippen LogP contribution in [0.25, 0.3) is 0 Å². The van der Waals surface area contributed by atoms with Crippen LogP contribution in [0.3, 0.4) is 0 Å². The number of carboxylic acids is 1. The average Bonchev–Trinajstić information content (AvgIpc) is 2.82. The predicted octanol–water partition coefficient (Wildman–Crippen LogP) is 0.591. The van der Waals surface area contributed by atoms with Crippen molar-refractivity contribution in [3.63, 3.8) is 0 Å². The number of nitrogens with one attached hydrogen (secondary N) is 2. The summed E-state index contributed by atoms with van der Waals surface area (Å²) in [7, 11) is 3.88. The van der Waals surface area contributed by atoms with Crippen LogP contribution in [0.2, 0.25) is 0 Å². The number of thiazole rings is 1. The van der Waals surface area contributed by atoms with E-state index in [2.05, 4.69) is 15.6 Å². The molecule has 7 nitrogen and oxygen atoms in total. The molecule has 0 aliphatic carbocycles. The monoisotopic (exact) mass is 286 g/mol. The van der Waals surface area contributed by atoms with Gasteiger partial charge in [0, 0.05) is 18.0 Å². The second-order valence-corrected chi connectivity index (χ2v) is 5.25. The summed E-state index contributed by atoms with van der Waals surface area (Å²) in [5.41, 5.74) is 0.00318. The van der Waals surface area contributed by atoms with E-state index in [1.165, 1.54) is 16.7 Å². The van der Waals surface area contributed by atoms with Crippen LogP contribution in [0.5, 0.6) is 0 Å². The van der Waals surface area contributed by atoms with Gasteiger partial charge in [-0.2, -0.15) is 0 Å². The van der Waals surface area contributed by atoms with E-state index in [1.54, 1.807) is 0 Å². The van der Waals surface area contributed by atoms with Crippen molar-refractivity contribution in [1.29, 1.82) is 0 Å². The SMILES string of the molecule is CC(CNC(=O)NCc1nc(C(=O)O)cs1)N(C)C. The summed E-state index contributed by atoms with van der Waals surface area (Å²) < 4.78 is 0. The fourth-order valence-electron chi connectivity index (χ4n) is 1.13. The first-order valence-electron chi connectivity index (χ1n) is 5.76. The molecule has 3 N–H and O–H groups in total. The Morgan fingerprint density at radius 1 is 1.47 bits per heavy atom. The summed E-state index contributed by atoms with van der Waals surface area (Å²) in [6.45, 7) is 2.76. The summed E-state index contributed by atoms with van der Waals surface area (Å²) in [6.07, 6.45) is 0. The van der Waals surface area contributed by atoms with Crippen LogP contribution in [-0.4, -0.2) is 53.7 Å². The van der Waals surface area contributed by atoms with E-state index in [0.717, 1.165) is 0 Å². The Morgan fingerprint density at radius 2 is 2.16 bits per heavy atom. The average molecular weight is 286 g/mol. The standard InChI is InChI=1S/C11H18N4O3S/c1-7(15(2)3)4-12-11(18)13-5-9-14-8(6-19-9)10(16)17/h6-7H,4-5H2,1-3H3,(H,16,17)(H2,12,13,18). The lowest BCUT2D eigenvalue weighted by Crippen LogP contribution is -2.42. The molecule has 0 spiro atoms. The Balaban J connectivity index is 2.31. The molecular formula is C11H18N4O3S. The topological polar surface area (TPSA) is 94.6 Å². The van der Waals surface area contributed by atoms with Crippen molar-refractivity contribution in [2.45, 2.75) is 19.5 Å². The minimum atomic E-state index is -1.06. The maximum atomic E-state index is 11.5. The molecule has 1 aromatic rings. The number of carbonyl (C=O) groups excluding carboxylic acids is 1. The van der Waals surface area contributed by atoms with Gasteiger partial charge in [-0.1, -0.05) is 0 Å². The van der Waals surface area contributed by atoms with Crippen molar-refractivity contribution in [3.8, 4) is 0 Å². The highest BCUT2D eigenvalue weighted by Gasteiger charge is 2.10. The number of nitrogens with zero attached hydrogens (tertiary/aromatic N) is 2. The van der Waals surface area contributed by atoms with Crippen LogP contribution in [0.1, 0.15) is 22.4 Å². The van der Waals surface area contributed by atoms with E-state index in [-0.39, 0.29) is 24.3 Å². The number of amides is 2. The van der Waals surface area contributed by atoms with Crippen molar-refractivity contribution in [2.24, 2.45) is 0 Å². The molecule has 0 fully saturated rings. The van der Waals surface area contributed by atoms with Crippen LogP contribution in [0, 0.1) is 0 Å². The Kier molecular flexibility index (Phi) is 5.71. The predicted molar refractivity (Wildman–Crippen MR) is 72.5 cm³/mol. The molecule has 0 saturated heterocycles. The van der Waals surface area contributed by atoms with Crippen LogP contribution in [0.15, 0.2) is 5.38 Å². The van der Waals surface area contributed by atoms with Crippen LogP contribution in [0.4, 0.5) is 4.79 Å². The molecule has 8 heteroatoms. The van der Waals surface area contributed by atoms with Crippen molar-refractivity contribution < 1.29 is 14.7 Å². The number of likely N-dealkylation sites (N-methyl/N-ethyl adjacent to an activating group) is 1. The van der Waals surface area contributed by atoms with Gasteiger partial charge >= 0.3 is 12.0 Å². The summed E-state index contributed by atoms with van der Waals surface area (Å²) in [5, 5.41) is 16.1. The molecule has 0 aliphatic heterocycles. The van der Waals surface area contributed by atoms with E-state index >= 15 is 0 Å². The molecule has 1 unspecified atom stereocenters. The van der Waals surface area contributed by atoms with Gasteiger partial charge in [0.1, 0.15) is 5.01 Å². The third kappa shape index (κ3) is 5.23. The zero-order valence-corrected chi connectivity index (χ0v) is 12.0. The van der Waals surface area contributed by atoms with E-state index in [4.69, 9.17) is 5.11 Å². The van der Waals surface area contributed by atoms with Crippen LogP contribution >= 0.6 is 11.3 Å². The van der Waals surface area contributed by atoms with E-state index in [9.17, 15) is 9.59 Å². The molecular weight excluding hydrogens is 268 g/mol. The molecule has 0 aromatic carbocycles. The highest BCUT2D eigenvalue weighted by molar-refractivity contribution is 7.09. The largest absolute Gasteiger partial charge is 0.476 e. The maximum absolute atomic E-state index is 11.5. The summed E-state index contributed by atoms with van der Waals surface area (Å²) >= 11 is 1.21. The molecule has 0 radical (unpaired) electrons. The highest BCUT2D eigenvalue weighted by atomic mass is 32.1. The number of urea groups is 1. The smallest absolute Gasteiger partial charge is 0.355 e. The Morgan fingerprint density at radius 3 is 2.68 bits per heavy atom. The lowest BCUT2D eigenvalue weighted by atomic mass is 10.3. The molecule has 106 valence electrons. The van der Waals surface area contributed by atoms with Gasteiger partial charge in [0.05, 0.1) is 6.54 Å². The molecule has 1 rings (SSSR count). The summed E-state index contributed by atoms with van der Waals surface area (Å²) in [5.74, 6) is -1.06. The van der Waals surface area contributed by atoms with Gasteiger partial charge in [-0.05, 0) is 21.0 Å². The van der Waals surface area contributed by atoms with Crippen molar-refractivity contribution in [2.75, 3.05) is 20.6 Å². The summed E-state index contributed by atoms with van der Waals surface area (Å²) in [6, 6.07) is -0.0509. The molecule has 0 saturated carbocycles. The van der Waals surface area contributed by atoms with Gasteiger partial charge in [-0.15, -0.1) is 11.3 Å². The number of aromatic carboxylic acids is 1. The minimum Gasteiger partial charge on any atom is -0.476 e. The molecule has 2 amide bonds. The van der Waals surface area contributed by atoms with Gasteiger partial charge in [-0.3, -0.25) is 0 Å². The molecule has 1 heterocycles. The number of rotatable bonds is 6. The second kappa shape index (κ2) is 7.05. The minimum absolute atomic E-state index is 0.00318. The lowest BCUT2D eigenvalue weighted by Gasteiger charge is -2.19. The Bertz CT molecular complexity index is 447. The van der Waals surface area contributed by atoms with Crippen LogP contribution in [-0.2, 0) is 6.54 Å². The highest BCUT2D eigenvalue weighted by Crippen LogP contribution is 2.09. The van der Waals surface area contributed by atoms with E-state index in [0.29, 0.717) is 11.6 Å². The van der Waals surface area contributed by atoms with E-state index in [1.807, 2.05) is 25.9 Å². The normalized spacial score (nSPS) is 12.2. The zero-order valence-electron chi connectivity index (χ0n) is 11.1. The van der Waals surface area contributed by atoms with Gasteiger partial charge in [-0.25, -0.2) is 14.6 Å². The van der Waals surface area contributed by atoms with Gasteiger partial charge in [0.15, 0.2) is 5.69 Å². The number of hydrogen-bond acceptors (Lipinski definition) is 5. The lowest BCUT2D eigenvalue weighted by molar-refractivity contribution is 0.0691. The van der Waals surface area contributed by atoms with Crippen molar-refractivity contribution in [1.82, 2.24) is 20.5 Å². The molecule has 1 aromatic heterocycles. The number of hydrogen-bond donors (Lipinski definition) is 3. The summed E-state index contributed by atoms with van der Waals surface area (Å²) in [4.78, 5) is 28.0. The quantitative estimate of drug-likeness (QED) is 0.711. The van der Waals surface area contributed by atoms with Gasteiger partial charge in [0.25, 0.3) is 0 Å². The third-order valence-electron chi connectivity index (χ3n) is 2.61. The number of carboxylic acid groups (broad SMARTS) is 1. The number of carbonyl (C=O) groups is 2. The van der Waals surface area contributed by atoms with Gasteiger partial charge < -0.3 is 20.6 Å². The zero-order chi connectivity index (χ0) is 14.4. The number of aromatic nitrogens is 1. The first kappa shape index (κ1) is 15.4. The van der Waals surface area contributed by atoms with Crippen LogP contribution < -0.4 is 10.6 Å². The fourth-order valence-corrected chi connectivity index (χ4v) is 1.84. The Labute approximate surface area is 115 Å². The van der Waals surface area contributed by atoms with Crippen molar-refractivity contribution in [3.05, 3.63) is 16.1 Å². The molecule has 1 atom stereocenters. The van der Waals surface area contributed by atoms with Gasteiger partial charge in [0.2, 0.25) is 0 Å². The molecule has 0 bridgehead atoms. The maximum Gasteiger partial charge on any atom is 0.355 e. The first-order valence-corrected chi connectivity index (χ1v) is 6.64. The second-order valence-electron chi connectivity index (χ2n) is 4.31. The first-order chi connectivity index (χ1) is 8.90. The van der Waals surface area contributed by atoms with E-state index < -0.39 is 5.97 Å². The Hall–Kier alpha value is -1.67. The fraction of sp³-hybridized carbons (Fsp3) is 0.545. The molecule has 19 heavy (non-hydrogen) atoms.